The molecule has 0 aliphatic carbocycles. The van der Waals surface area contributed by atoms with Gasteiger partial charge >= 0.3 is 0 Å². The number of hydrogen-bond donors (Lipinski definition) is 0. The van der Waals surface area contributed by atoms with Crippen LogP contribution in [0.2, 0.25) is 0 Å². The highest BCUT2D eigenvalue weighted by molar-refractivity contribution is 6.42. The van der Waals surface area contributed by atoms with Crippen LogP contribution < -0.4 is 0 Å². The zero-order valence-electron chi connectivity index (χ0n) is 17.1. The number of hydrogen-bond acceptors (Lipinski definition) is 4. The maximum atomic E-state index is 13.1. The summed E-state index contributed by atoms with van der Waals surface area (Å²) in [4.78, 5) is 41.1. The molecule has 0 aromatic heterocycles. The van der Waals surface area contributed by atoms with E-state index in [1.165, 1.54) is 17.0 Å². The second-order valence-corrected chi connectivity index (χ2v) is 7.58. The predicted molar refractivity (Wildman–Crippen MR) is 109 cm³/mol. The van der Waals surface area contributed by atoms with E-state index >= 15 is 0 Å². The van der Waals surface area contributed by atoms with E-state index in [0.717, 1.165) is 5.56 Å². The minimum absolute atomic E-state index is 0.0747. The number of rotatable bonds is 6. The Morgan fingerprint density at radius 1 is 1.07 bits per heavy atom. The largest absolute Gasteiger partial charge is 0.370 e. The minimum atomic E-state index is -0.726. The van der Waals surface area contributed by atoms with E-state index in [-0.39, 0.29) is 43.0 Å². The van der Waals surface area contributed by atoms with Crippen LogP contribution in [0, 0.1) is 5.82 Å². The van der Waals surface area contributed by atoms with Gasteiger partial charge in [0.05, 0.1) is 12.7 Å². The molecular weight excluding hydrogens is 387 g/mol. The van der Waals surface area contributed by atoms with Crippen LogP contribution in [0.1, 0.15) is 29.8 Å². The van der Waals surface area contributed by atoms with E-state index < -0.39 is 17.8 Å². The van der Waals surface area contributed by atoms with Crippen molar-refractivity contribution in [1.82, 2.24) is 9.80 Å². The van der Waals surface area contributed by atoms with Crippen LogP contribution in [0.3, 0.4) is 0 Å². The highest BCUT2D eigenvalue weighted by atomic mass is 19.1. The van der Waals surface area contributed by atoms with Crippen molar-refractivity contribution >= 4 is 17.6 Å². The Balaban J connectivity index is 1.76. The van der Waals surface area contributed by atoms with Crippen LogP contribution in [-0.4, -0.2) is 59.2 Å². The van der Waals surface area contributed by atoms with Crippen LogP contribution in [0.4, 0.5) is 4.39 Å². The van der Waals surface area contributed by atoms with Gasteiger partial charge < -0.3 is 14.5 Å². The summed E-state index contributed by atoms with van der Waals surface area (Å²) in [6.07, 6.45) is -0.476. The van der Waals surface area contributed by atoms with Crippen molar-refractivity contribution in [3.8, 4) is 0 Å². The normalized spacial score (nSPS) is 17.2. The first kappa shape index (κ1) is 21.6. The van der Waals surface area contributed by atoms with E-state index in [4.69, 9.17) is 4.74 Å². The lowest BCUT2D eigenvalue weighted by atomic mass is 10.1. The zero-order chi connectivity index (χ0) is 21.7. The number of halogens is 1. The van der Waals surface area contributed by atoms with Gasteiger partial charge in [-0.15, -0.1) is 0 Å². The number of ketones is 1. The lowest BCUT2D eigenvalue weighted by Gasteiger charge is -2.27. The molecule has 0 bridgehead atoms. The van der Waals surface area contributed by atoms with Crippen molar-refractivity contribution in [2.75, 3.05) is 19.6 Å². The molecule has 0 saturated carbocycles. The fourth-order valence-corrected chi connectivity index (χ4v) is 3.35. The first-order valence-corrected chi connectivity index (χ1v) is 9.89. The molecule has 2 amide bonds. The van der Waals surface area contributed by atoms with Gasteiger partial charge in [0.25, 0.3) is 5.91 Å². The summed E-state index contributed by atoms with van der Waals surface area (Å²) in [5, 5.41) is 0. The SMILES string of the molecule is CC(C)N1C[C@@H](OCc2ccc(F)cc2)CN(C(=O)C(=O)c2ccccc2)CC1=O. The molecule has 1 aliphatic rings. The molecule has 1 saturated heterocycles. The maximum absolute atomic E-state index is 13.1. The van der Waals surface area contributed by atoms with Gasteiger partial charge in [-0.2, -0.15) is 0 Å². The fraction of sp³-hybridized carbons (Fsp3) is 0.348. The second-order valence-electron chi connectivity index (χ2n) is 7.58. The minimum Gasteiger partial charge on any atom is -0.370 e. The Kier molecular flexibility index (Phi) is 6.95. The highest BCUT2D eigenvalue weighted by Crippen LogP contribution is 2.15. The monoisotopic (exact) mass is 412 g/mol. The van der Waals surface area contributed by atoms with E-state index in [1.807, 2.05) is 13.8 Å². The number of carbonyl (C=O) groups excluding carboxylic acids is 3. The van der Waals surface area contributed by atoms with Gasteiger partial charge in [-0.3, -0.25) is 14.4 Å². The molecule has 1 aliphatic heterocycles. The molecule has 30 heavy (non-hydrogen) atoms. The summed E-state index contributed by atoms with van der Waals surface area (Å²) in [7, 11) is 0. The molecule has 1 heterocycles. The first-order valence-electron chi connectivity index (χ1n) is 9.89. The lowest BCUT2D eigenvalue weighted by Crippen LogP contribution is -2.44. The van der Waals surface area contributed by atoms with Gasteiger partial charge in [0.2, 0.25) is 11.7 Å². The van der Waals surface area contributed by atoms with E-state index in [9.17, 15) is 18.8 Å². The zero-order valence-corrected chi connectivity index (χ0v) is 17.1. The number of ether oxygens (including phenoxy) is 1. The molecule has 1 atom stereocenters. The number of benzene rings is 2. The summed E-state index contributed by atoms with van der Waals surface area (Å²) < 4.78 is 19.1. The van der Waals surface area contributed by atoms with Crippen molar-refractivity contribution in [1.29, 1.82) is 0 Å². The Labute approximate surface area is 175 Å². The van der Waals surface area contributed by atoms with Crippen molar-refractivity contribution in [3.05, 3.63) is 71.5 Å². The summed E-state index contributed by atoms with van der Waals surface area (Å²) in [5.74, 6) is -1.94. The quantitative estimate of drug-likeness (QED) is 0.541. The summed E-state index contributed by atoms with van der Waals surface area (Å²) in [6, 6.07) is 14.1. The third-order valence-corrected chi connectivity index (χ3v) is 5.01. The van der Waals surface area contributed by atoms with Crippen molar-refractivity contribution < 1.29 is 23.5 Å². The summed E-state index contributed by atoms with van der Waals surface area (Å²) in [6.45, 7) is 4.24. The van der Waals surface area contributed by atoms with Gasteiger partial charge in [0, 0.05) is 24.7 Å². The van der Waals surface area contributed by atoms with Crippen LogP contribution in [0.25, 0.3) is 0 Å². The number of carbonyl (C=O) groups is 3. The standard InChI is InChI=1S/C23H25FN2O4/c1-16(2)26-13-20(30-15-17-8-10-19(24)11-9-17)12-25(14-21(26)27)23(29)22(28)18-6-4-3-5-7-18/h3-11,16,20H,12-15H2,1-2H3/t20-/m0/s1. The molecule has 0 spiro atoms. The van der Waals surface area contributed by atoms with Crippen molar-refractivity contribution in [2.24, 2.45) is 0 Å². The molecule has 0 unspecified atom stereocenters. The lowest BCUT2D eigenvalue weighted by molar-refractivity contribution is -0.137. The molecule has 6 nitrogen and oxygen atoms in total. The molecule has 158 valence electrons. The Bertz CT molecular complexity index is 899. The average Bonchev–Trinajstić information content (AvgIpc) is 2.91. The third-order valence-electron chi connectivity index (χ3n) is 5.01. The van der Waals surface area contributed by atoms with Crippen LogP contribution >= 0.6 is 0 Å². The molecule has 3 rings (SSSR count). The molecular formula is C23H25FN2O4. The van der Waals surface area contributed by atoms with E-state index in [1.54, 1.807) is 47.4 Å². The highest BCUT2D eigenvalue weighted by Gasteiger charge is 2.34. The second kappa shape index (κ2) is 9.63. The number of Topliss-reactive ketones (excluding diaryl/α,β-unsaturated/α-hetero) is 1. The van der Waals surface area contributed by atoms with Crippen LogP contribution in [0.15, 0.2) is 54.6 Å². The van der Waals surface area contributed by atoms with Gasteiger partial charge in [0.1, 0.15) is 12.4 Å². The molecule has 1 fully saturated rings. The predicted octanol–water partition coefficient (Wildman–Crippen LogP) is 2.67. The average molecular weight is 412 g/mol. The topological polar surface area (TPSA) is 66.9 Å². The summed E-state index contributed by atoms with van der Waals surface area (Å²) >= 11 is 0. The van der Waals surface area contributed by atoms with Gasteiger partial charge in [0.15, 0.2) is 0 Å². The molecule has 0 radical (unpaired) electrons. The number of amides is 2. The van der Waals surface area contributed by atoms with Crippen LogP contribution in [-0.2, 0) is 20.9 Å². The van der Waals surface area contributed by atoms with Crippen molar-refractivity contribution in [3.63, 3.8) is 0 Å². The first-order chi connectivity index (χ1) is 14.3. The Hall–Kier alpha value is -3.06. The molecule has 7 heteroatoms. The fourth-order valence-electron chi connectivity index (χ4n) is 3.35. The molecule has 2 aromatic rings. The van der Waals surface area contributed by atoms with Crippen molar-refractivity contribution in [2.45, 2.75) is 32.6 Å². The third kappa shape index (κ3) is 5.30. The molecule has 0 N–H and O–H groups in total. The van der Waals surface area contributed by atoms with Gasteiger partial charge in [-0.1, -0.05) is 42.5 Å². The smallest absolute Gasteiger partial charge is 0.295 e. The Morgan fingerprint density at radius 3 is 2.37 bits per heavy atom. The van der Waals surface area contributed by atoms with Crippen LogP contribution in [0.5, 0.6) is 0 Å². The number of nitrogens with zero attached hydrogens (tertiary/aromatic N) is 2. The van der Waals surface area contributed by atoms with Gasteiger partial charge in [-0.25, -0.2) is 4.39 Å². The van der Waals surface area contributed by atoms with Gasteiger partial charge in [-0.05, 0) is 31.5 Å². The summed E-state index contributed by atoms with van der Waals surface area (Å²) in [5.41, 5.74) is 1.06. The maximum Gasteiger partial charge on any atom is 0.295 e. The van der Waals surface area contributed by atoms with E-state index in [2.05, 4.69) is 0 Å². The van der Waals surface area contributed by atoms with E-state index in [0.29, 0.717) is 6.54 Å². The Morgan fingerprint density at radius 2 is 1.73 bits per heavy atom. The molecule has 2 aromatic carbocycles.